The zero-order chi connectivity index (χ0) is 21.4. The fourth-order valence-electron chi connectivity index (χ4n) is 3.45. The zero-order valence-electron chi connectivity index (χ0n) is 15.4. The molecule has 1 amide bonds. The second-order valence-corrected chi connectivity index (χ2v) is 7.94. The Hall–Kier alpha value is -2.79. The number of carbonyl (C=O) groups excluding carboxylic acids is 2. The molecule has 3 aromatic carbocycles. The number of amides is 1. The standard InChI is InChI=1S/C23H14Cl3NO3/c24-15-9-6-13(7-10-15)20-19(21(28)14-8-11-17(25)18(26)12-14)22(29)23(30)27(20)16-4-2-1-3-5-16/h1-12,20,28H/b21-19-. The highest BCUT2D eigenvalue weighted by Crippen LogP contribution is 2.42. The van der Waals surface area contributed by atoms with Gasteiger partial charge in [-0.1, -0.05) is 65.1 Å². The molecule has 3 aromatic rings. The van der Waals surface area contributed by atoms with Crippen molar-refractivity contribution in [2.45, 2.75) is 6.04 Å². The first-order valence-corrected chi connectivity index (χ1v) is 10.1. The maximum atomic E-state index is 13.0. The van der Waals surface area contributed by atoms with Crippen molar-refractivity contribution < 1.29 is 14.7 Å². The molecular weight excluding hydrogens is 445 g/mol. The van der Waals surface area contributed by atoms with Gasteiger partial charge in [0.15, 0.2) is 0 Å². The van der Waals surface area contributed by atoms with E-state index in [2.05, 4.69) is 0 Å². The molecule has 7 heteroatoms. The molecule has 30 heavy (non-hydrogen) atoms. The number of nitrogens with zero attached hydrogens (tertiary/aromatic N) is 1. The third kappa shape index (κ3) is 3.58. The van der Waals surface area contributed by atoms with Crippen LogP contribution in [-0.2, 0) is 9.59 Å². The molecule has 1 aliphatic rings. The number of hydrogen-bond acceptors (Lipinski definition) is 3. The molecular formula is C23H14Cl3NO3. The lowest BCUT2D eigenvalue weighted by atomic mass is 9.95. The Morgan fingerprint density at radius 3 is 2.13 bits per heavy atom. The number of Topliss-reactive ketones (excluding diaryl/α,β-unsaturated/α-hetero) is 1. The number of aliphatic hydroxyl groups is 1. The van der Waals surface area contributed by atoms with E-state index in [1.807, 2.05) is 6.07 Å². The lowest BCUT2D eigenvalue weighted by Gasteiger charge is -2.25. The van der Waals surface area contributed by atoms with E-state index < -0.39 is 17.7 Å². The van der Waals surface area contributed by atoms with Gasteiger partial charge in [0, 0.05) is 16.3 Å². The summed E-state index contributed by atoms with van der Waals surface area (Å²) in [5.41, 5.74) is 1.41. The molecule has 1 heterocycles. The van der Waals surface area contributed by atoms with Crippen molar-refractivity contribution in [3.8, 4) is 0 Å². The van der Waals surface area contributed by atoms with Gasteiger partial charge in [0.2, 0.25) is 0 Å². The first-order chi connectivity index (χ1) is 14.4. The van der Waals surface area contributed by atoms with Gasteiger partial charge in [-0.2, -0.15) is 0 Å². The molecule has 0 radical (unpaired) electrons. The van der Waals surface area contributed by atoms with E-state index >= 15 is 0 Å². The van der Waals surface area contributed by atoms with Crippen molar-refractivity contribution in [2.75, 3.05) is 4.90 Å². The zero-order valence-corrected chi connectivity index (χ0v) is 17.6. The number of halogens is 3. The van der Waals surface area contributed by atoms with E-state index in [-0.39, 0.29) is 21.9 Å². The summed E-state index contributed by atoms with van der Waals surface area (Å²) >= 11 is 18.1. The smallest absolute Gasteiger partial charge is 0.300 e. The minimum Gasteiger partial charge on any atom is -0.507 e. The van der Waals surface area contributed by atoms with E-state index in [9.17, 15) is 14.7 Å². The monoisotopic (exact) mass is 457 g/mol. The highest BCUT2D eigenvalue weighted by atomic mass is 35.5. The number of carbonyl (C=O) groups is 2. The lowest BCUT2D eigenvalue weighted by Crippen LogP contribution is -2.29. The molecule has 1 aliphatic heterocycles. The van der Waals surface area contributed by atoms with Gasteiger partial charge in [-0.25, -0.2) is 0 Å². The quantitative estimate of drug-likeness (QED) is 0.286. The van der Waals surface area contributed by atoms with Gasteiger partial charge in [0.05, 0.1) is 21.7 Å². The van der Waals surface area contributed by atoms with Crippen molar-refractivity contribution in [3.05, 3.63) is 105 Å². The predicted octanol–water partition coefficient (Wildman–Crippen LogP) is 6.27. The molecule has 0 saturated carbocycles. The third-order valence-electron chi connectivity index (χ3n) is 4.86. The van der Waals surface area contributed by atoms with E-state index in [1.54, 1.807) is 54.6 Å². The Balaban J connectivity index is 1.95. The molecule has 1 fully saturated rings. The number of para-hydroxylation sites is 1. The molecule has 150 valence electrons. The van der Waals surface area contributed by atoms with Gasteiger partial charge in [0.25, 0.3) is 11.7 Å². The Morgan fingerprint density at radius 2 is 1.50 bits per heavy atom. The molecule has 0 bridgehead atoms. The van der Waals surface area contributed by atoms with Crippen molar-refractivity contribution >= 4 is 57.9 Å². The number of anilines is 1. The van der Waals surface area contributed by atoms with E-state index in [1.165, 1.54) is 17.0 Å². The Morgan fingerprint density at radius 1 is 0.833 bits per heavy atom. The molecule has 0 aromatic heterocycles. The van der Waals surface area contributed by atoms with Crippen molar-refractivity contribution in [3.63, 3.8) is 0 Å². The molecule has 4 rings (SSSR count). The summed E-state index contributed by atoms with van der Waals surface area (Å²) in [6, 6.07) is 19.3. The van der Waals surface area contributed by atoms with Gasteiger partial charge in [0.1, 0.15) is 5.76 Å². The minimum absolute atomic E-state index is 0.0374. The van der Waals surface area contributed by atoms with Crippen LogP contribution in [0.4, 0.5) is 5.69 Å². The average molecular weight is 459 g/mol. The number of aliphatic hydroxyl groups excluding tert-OH is 1. The summed E-state index contributed by atoms with van der Waals surface area (Å²) in [4.78, 5) is 27.4. The van der Waals surface area contributed by atoms with Gasteiger partial charge < -0.3 is 5.11 Å². The van der Waals surface area contributed by atoms with Gasteiger partial charge in [-0.15, -0.1) is 0 Å². The lowest BCUT2D eigenvalue weighted by molar-refractivity contribution is -0.132. The SMILES string of the molecule is O=C1C(=O)N(c2ccccc2)C(c2ccc(Cl)cc2)/C1=C(/O)c1ccc(Cl)c(Cl)c1. The molecule has 0 spiro atoms. The number of benzene rings is 3. The van der Waals surface area contributed by atoms with Crippen molar-refractivity contribution in [2.24, 2.45) is 0 Å². The van der Waals surface area contributed by atoms with Crippen molar-refractivity contribution in [1.82, 2.24) is 0 Å². The number of ketones is 1. The van der Waals surface area contributed by atoms with Crippen LogP contribution in [0, 0.1) is 0 Å². The summed E-state index contributed by atoms with van der Waals surface area (Å²) in [6.07, 6.45) is 0. The van der Waals surface area contributed by atoms with Crippen molar-refractivity contribution in [1.29, 1.82) is 0 Å². The Labute approximate surface area is 187 Å². The summed E-state index contributed by atoms with van der Waals surface area (Å²) in [7, 11) is 0. The highest BCUT2D eigenvalue weighted by Gasteiger charge is 2.46. The predicted molar refractivity (Wildman–Crippen MR) is 119 cm³/mol. The van der Waals surface area contributed by atoms with Crippen LogP contribution in [0.15, 0.2) is 78.4 Å². The molecule has 1 saturated heterocycles. The molecule has 0 aliphatic carbocycles. The molecule has 4 nitrogen and oxygen atoms in total. The van der Waals surface area contributed by atoms with E-state index in [4.69, 9.17) is 34.8 Å². The van der Waals surface area contributed by atoms with Crippen LogP contribution in [0.3, 0.4) is 0 Å². The van der Waals surface area contributed by atoms with Crippen LogP contribution in [0.25, 0.3) is 5.76 Å². The maximum absolute atomic E-state index is 13.0. The van der Waals surface area contributed by atoms with Crippen LogP contribution in [0.1, 0.15) is 17.2 Å². The topological polar surface area (TPSA) is 57.6 Å². The fourth-order valence-corrected chi connectivity index (χ4v) is 3.87. The normalized spacial score (nSPS) is 18.1. The highest BCUT2D eigenvalue weighted by molar-refractivity contribution is 6.51. The van der Waals surface area contributed by atoms with Crippen LogP contribution < -0.4 is 4.90 Å². The first-order valence-electron chi connectivity index (χ1n) is 8.95. The van der Waals surface area contributed by atoms with E-state index in [0.29, 0.717) is 21.3 Å². The van der Waals surface area contributed by atoms with E-state index in [0.717, 1.165) is 0 Å². The second-order valence-electron chi connectivity index (χ2n) is 6.69. The fraction of sp³-hybridized carbons (Fsp3) is 0.0435. The summed E-state index contributed by atoms with van der Waals surface area (Å²) < 4.78 is 0. The molecule has 1 N–H and O–H groups in total. The third-order valence-corrected chi connectivity index (χ3v) is 5.85. The average Bonchev–Trinajstić information content (AvgIpc) is 3.01. The summed E-state index contributed by atoms with van der Waals surface area (Å²) in [5.74, 6) is -1.85. The van der Waals surface area contributed by atoms with Gasteiger partial charge in [-0.3, -0.25) is 14.5 Å². The van der Waals surface area contributed by atoms with Crippen LogP contribution in [0.5, 0.6) is 0 Å². The van der Waals surface area contributed by atoms with Crippen LogP contribution >= 0.6 is 34.8 Å². The van der Waals surface area contributed by atoms with Crippen LogP contribution in [-0.4, -0.2) is 16.8 Å². The molecule has 1 atom stereocenters. The molecule has 1 unspecified atom stereocenters. The first kappa shape index (κ1) is 20.5. The van der Waals surface area contributed by atoms with Gasteiger partial charge >= 0.3 is 0 Å². The van der Waals surface area contributed by atoms with Crippen LogP contribution in [0.2, 0.25) is 15.1 Å². The second kappa shape index (κ2) is 8.15. The summed E-state index contributed by atoms with van der Waals surface area (Å²) in [5, 5.41) is 12.1. The maximum Gasteiger partial charge on any atom is 0.300 e. The summed E-state index contributed by atoms with van der Waals surface area (Å²) in [6.45, 7) is 0. The Kier molecular flexibility index (Phi) is 5.56. The minimum atomic E-state index is -0.834. The number of rotatable bonds is 3. The largest absolute Gasteiger partial charge is 0.507 e. The van der Waals surface area contributed by atoms with Gasteiger partial charge in [-0.05, 0) is 48.0 Å². The number of hydrogen-bond donors (Lipinski definition) is 1. The Bertz CT molecular complexity index is 1170.